The highest BCUT2D eigenvalue weighted by molar-refractivity contribution is 5.58. The highest BCUT2D eigenvalue weighted by Gasteiger charge is 2.18. The zero-order valence-electron chi connectivity index (χ0n) is 13.4. The summed E-state index contributed by atoms with van der Waals surface area (Å²) in [7, 11) is 3.59. The van der Waals surface area contributed by atoms with Crippen molar-refractivity contribution in [1.82, 2.24) is 9.80 Å². The van der Waals surface area contributed by atoms with E-state index in [9.17, 15) is 10.1 Å². The summed E-state index contributed by atoms with van der Waals surface area (Å²) in [6.07, 6.45) is 0. The lowest BCUT2D eigenvalue weighted by Gasteiger charge is -2.34. The minimum Gasteiger partial charge on any atom is -0.490 e. The molecular formula is C15H24N4O3. The van der Waals surface area contributed by atoms with E-state index in [4.69, 9.17) is 4.74 Å². The van der Waals surface area contributed by atoms with E-state index in [2.05, 4.69) is 29.1 Å². The summed E-state index contributed by atoms with van der Waals surface area (Å²) in [5, 5.41) is 14.3. The molecule has 1 fully saturated rings. The molecule has 0 aromatic heterocycles. The second kappa shape index (κ2) is 7.42. The average Bonchev–Trinajstić information content (AvgIpc) is 2.49. The molecule has 122 valence electrons. The van der Waals surface area contributed by atoms with Crippen molar-refractivity contribution in [2.75, 3.05) is 52.2 Å². The number of nitrogens with one attached hydrogen (secondary N) is 1. The van der Waals surface area contributed by atoms with Crippen LogP contribution in [0.4, 0.5) is 11.4 Å². The van der Waals surface area contributed by atoms with Crippen molar-refractivity contribution < 1.29 is 9.66 Å². The summed E-state index contributed by atoms with van der Waals surface area (Å²) in [5.74, 6) is 0.279. The van der Waals surface area contributed by atoms with E-state index in [1.54, 1.807) is 12.1 Å². The van der Waals surface area contributed by atoms with Crippen molar-refractivity contribution in [1.29, 1.82) is 0 Å². The van der Waals surface area contributed by atoms with E-state index >= 15 is 0 Å². The number of nitro groups is 1. The number of rotatable bonds is 6. The van der Waals surface area contributed by atoms with Gasteiger partial charge in [-0.25, -0.2) is 0 Å². The zero-order chi connectivity index (χ0) is 16.1. The van der Waals surface area contributed by atoms with Crippen LogP contribution in [0.25, 0.3) is 0 Å². The summed E-state index contributed by atoms with van der Waals surface area (Å²) in [6.45, 7) is 7.41. The minimum atomic E-state index is -0.434. The fourth-order valence-corrected chi connectivity index (χ4v) is 2.67. The van der Waals surface area contributed by atoms with E-state index < -0.39 is 4.92 Å². The molecule has 1 heterocycles. The Kier molecular flexibility index (Phi) is 5.57. The van der Waals surface area contributed by atoms with Gasteiger partial charge in [-0.05, 0) is 20.0 Å². The van der Waals surface area contributed by atoms with Crippen molar-refractivity contribution in [2.45, 2.75) is 13.0 Å². The van der Waals surface area contributed by atoms with Gasteiger partial charge in [0.15, 0.2) is 5.75 Å². The Hall–Kier alpha value is -1.86. The molecule has 2 rings (SSSR count). The molecule has 1 aliphatic rings. The molecule has 0 saturated carbocycles. The number of likely N-dealkylation sites (N-methyl/N-ethyl adjacent to an activating group) is 1. The molecule has 1 atom stereocenters. The maximum Gasteiger partial charge on any atom is 0.311 e. The lowest BCUT2D eigenvalue weighted by Crippen LogP contribution is -2.47. The quantitative estimate of drug-likeness (QED) is 0.636. The summed E-state index contributed by atoms with van der Waals surface area (Å²) in [5.41, 5.74) is 0.823. The standard InChI is InChI=1S/C15H24N4O3/c1-12(11-18-8-6-17(2)7-9-18)16-13-4-5-14(19(20)21)15(10-13)22-3/h4-5,10,12,16H,6-9,11H2,1-3H3. The van der Waals surface area contributed by atoms with Crippen LogP contribution in [-0.2, 0) is 0 Å². The summed E-state index contributed by atoms with van der Waals surface area (Å²) < 4.78 is 5.09. The van der Waals surface area contributed by atoms with Crippen LogP contribution in [-0.4, -0.2) is 67.6 Å². The Balaban J connectivity index is 1.93. The fourth-order valence-electron chi connectivity index (χ4n) is 2.67. The van der Waals surface area contributed by atoms with Crippen molar-refractivity contribution in [3.8, 4) is 5.75 Å². The zero-order valence-corrected chi connectivity index (χ0v) is 13.4. The van der Waals surface area contributed by atoms with Crippen LogP contribution in [0.2, 0.25) is 0 Å². The average molecular weight is 308 g/mol. The lowest BCUT2D eigenvalue weighted by molar-refractivity contribution is -0.385. The Labute approximate surface area is 131 Å². The number of piperazine rings is 1. The number of hydrogen-bond donors (Lipinski definition) is 1. The maximum atomic E-state index is 10.9. The van der Waals surface area contributed by atoms with Gasteiger partial charge in [-0.3, -0.25) is 15.0 Å². The van der Waals surface area contributed by atoms with Gasteiger partial charge >= 0.3 is 5.69 Å². The first-order valence-corrected chi connectivity index (χ1v) is 7.49. The van der Waals surface area contributed by atoms with Crippen LogP contribution >= 0.6 is 0 Å². The van der Waals surface area contributed by atoms with Crippen LogP contribution in [0.5, 0.6) is 5.75 Å². The molecule has 0 aliphatic carbocycles. The predicted octanol–water partition coefficient (Wildman–Crippen LogP) is 1.65. The first-order chi connectivity index (χ1) is 10.5. The molecule has 0 radical (unpaired) electrons. The van der Waals surface area contributed by atoms with Gasteiger partial charge in [-0.2, -0.15) is 0 Å². The van der Waals surface area contributed by atoms with Crippen LogP contribution in [0.1, 0.15) is 6.92 Å². The Morgan fingerprint density at radius 2 is 2.05 bits per heavy atom. The van der Waals surface area contributed by atoms with Crippen LogP contribution in [0.3, 0.4) is 0 Å². The van der Waals surface area contributed by atoms with Gasteiger partial charge in [0.05, 0.1) is 12.0 Å². The summed E-state index contributed by atoms with van der Waals surface area (Å²) >= 11 is 0. The molecule has 7 heteroatoms. The molecule has 1 aliphatic heterocycles. The van der Waals surface area contributed by atoms with Crippen molar-refractivity contribution in [3.63, 3.8) is 0 Å². The Morgan fingerprint density at radius 1 is 1.36 bits per heavy atom. The third-order valence-electron chi connectivity index (χ3n) is 3.92. The van der Waals surface area contributed by atoms with Gasteiger partial charge in [0, 0.05) is 56.6 Å². The van der Waals surface area contributed by atoms with Crippen molar-refractivity contribution >= 4 is 11.4 Å². The third-order valence-corrected chi connectivity index (χ3v) is 3.92. The SMILES string of the molecule is COc1cc(NC(C)CN2CCN(C)CC2)ccc1[N+](=O)[O-]. The molecule has 0 spiro atoms. The van der Waals surface area contributed by atoms with Gasteiger partial charge in [0.1, 0.15) is 0 Å². The topological polar surface area (TPSA) is 70.9 Å². The molecule has 0 amide bonds. The molecule has 1 saturated heterocycles. The second-order valence-corrected chi connectivity index (χ2v) is 5.79. The van der Waals surface area contributed by atoms with Crippen molar-refractivity contribution in [2.24, 2.45) is 0 Å². The van der Waals surface area contributed by atoms with Gasteiger partial charge in [-0.15, -0.1) is 0 Å². The highest BCUT2D eigenvalue weighted by Crippen LogP contribution is 2.29. The minimum absolute atomic E-state index is 0.0141. The second-order valence-electron chi connectivity index (χ2n) is 5.79. The predicted molar refractivity (Wildman–Crippen MR) is 86.7 cm³/mol. The van der Waals surface area contributed by atoms with E-state index in [1.807, 2.05) is 0 Å². The first kappa shape index (κ1) is 16.5. The number of hydrogen-bond acceptors (Lipinski definition) is 6. The molecule has 0 bridgehead atoms. The van der Waals surface area contributed by atoms with Gasteiger partial charge in [-0.1, -0.05) is 0 Å². The molecule has 22 heavy (non-hydrogen) atoms. The molecule has 1 unspecified atom stereocenters. The Bertz CT molecular complexity index is 516. The Morgan fingerprint density at radius 3 is 2.64 bits per heavy atom. The number of anilines is 1. The van der Waals surface area contributed by atoms with Crippen LogP contribution in [0, 0.1) is 10.1 Å². The largest absolute Gasteiger partial charge is 0.490 e. The fraction of sp³-hybridized carbons (Fsp3) is 0.600. The van der Waals surface area contributed by atoms with E-state index in [1.165, 1.54) is 13.2 Å². The summed E-state index contributed by atoms with van der Waals surface area (Å²) in [4.78, 5) is 15.2. The highest BCUT2D eigenvalue weighted by atomic mass is 16.6. The number of benzene rings is 1. The number of ether oxygens (including phenoxy) is 1. The lowest BCUT2D eigenvalue weighted by atomic mass is 10.2. The first-order valence-electron chi connectivity index (χ1n) is 7.49. The normalized spacial score (nSPS) is 18.0. The van der Waals surface area contributed by atoms with Crippen molar-refractivity contribution in [3.05, 3.63) is 28.3 Å². The van der Waals surface area contributed by atoms with E-state index in [0.29, 0.717) is 0 Å². The van der Waals surface area contributed by atoms with E-state index in [-0.39, 0.29) is 17.5 Å². The maximum absolute atomic E-state index is 10.9. The molecule has 1 N–H and O–H groups in total. The monoisotopic (exact) mass is 308 g/mol. The molecule has 1 aromatic carbocycles. The van der Waals surface area contributed by atoms with Crippen LogP contribution in [0.15, 0.2) is 18.2 Å². The van der Waals surface area contributed by atoms with Gasteiger partial charge in [0.25, 0.3) is 0 Å². The molecular weight excluding hydrogens is 284 g/mol. The van der Waals surface area contributed by atoms with Crippen LogP contribution < -0.4 is 10.1 Å². The molecule has 7 nitrogen and oxygen atoms in total. The number of methoxy groups -OCH3 is 1. The third kappa shape index (κ3) is 4.32. The van der Waals surface area contributed by atoms with Gasteiger partial charge in [0.2, 0.25) is 0 Å². The number of nitrogens with zero attached hydrogens (tertiary/aromatic N) is 3. The van der Waals surface area contributed by atoms with Gasteiger partial charge < -0.3 is 15.0 Å². The smallest absolute Gasteiger partial charge is 0.311 e. The number of nitro benzene ring substituents is 1. The van der Waals surface area contributed by atoms with E-state index in [0.717, 1.165) is 38.4 Å². The summed E-state index contributed by atoms with van der Waals surface area (Å²) in [6, 6.07) is 5.14. The molecule has 1 aromatic rings.